The van der Waals surface area contributed by atoms with E-state index in [1.807, 2.05) is 0 Å². The molecule has 2 aliphatic heterocycles. The van der Waals surface area contributed by atoms with Crippen molar-refractivity contribution in [1.29, 1.82) is 0 Å². The van der Waals surface area contributed by atoms with E-state index in [1.165, 1.54) is 57.3 Å². The smallest absolute Gasteiger partial charge is 0.0380 e. The van der Waals surface area contributed by atoms with Crippen molar-refractivity contribution in [2.75, 3.05) is 26.2 Å². The molecule has 22 heavy (non-hydrogen) atoms. The minimum Gasteiger partial charge on any atom is -0.310 e. The lowest BCUT2D eigenvalue weighted by molar-refractivity contribution is 0.0278. The molecule has 3 heteroatoms. The Morgan fingerprint density at radius 2 is 1.68 bits per heavy atom. The summed E-state index contributed by atoms with van der Waals surface area (Å²) in [5.41, 5.74) is 1.46. The molecular weight excluding hydrogens is 270 g/mol. The Balaban J connectivity index is 1.48. The molecule has 3 nitrogen and oxygen atoms in total. The summed E-state index contributed by atoms with van der Waals surface area (Å²) in [5.74, 6) is 0. The number of hydrogen-bond acceptors (Lipinski definition) is 3. The molecule has 4 rings (SSSR count). The predicted molar refractivity (Wildman–Crippen MR) is 90.9 cm³/mol. The minimum absolute atomic E-state index is 0.685. The van der Waals surface area contributed by atoms with E-state index in [0.717, 1.165) is 25.2 Å². The minimum atomic E-state index is 0.685. The van der Waals surface area contributed by atoms with Gasteiger partial charge in [-0.3, -0.25) is 9.80 Å². The van der Waals surface area contributed by atoms with Gasteiger partial charge in [0.1, 0.15) is 0 Å². The lowest BCUT2D eigenvalue weighted by atomic mass is 9.82. The Kier molecular flexibility index (Phi) is 4.47. The van der Waals surface area contributed by atoms with Crippen LogP contribution in [0.4, 0.5) is 0 Å². The first-order valence-electron chi connectivity index (χ1n) is 9.17. The fourth-order valence-corrected chi connectivity index (χ4v) is 4.87. The van der Waals surface area contributed by atoms with E-state index in [4.69, 9.17) is 0 Å². The van der Waals surface area contributed by atoms with E-state index in [1.54, 1.807) is 0 Å². The second kappa shape index (κ2) is 6.69. The zero-order chi connectivity index (χ0) is 14.8. The van der Waals surface area contributed by atoms with E-state index in [9.17, 15) is 0 Å². The molecule has 1 aromatic rings. The van der Waals surface area contributed by atoms with Crippen molar-refractivity contribution < 1.29 is 0 Å². The van der Waals surface area contributed by atoms with Crippen LogP contribution in [0.1, 0.15) is 37.7 Å². The zero-order valence-electron chi connectivity index (χ0n) is 13.6. The number of nitrogens with one attached hydrogen (secondary N) is 1. The summed E-state index contributed by atoms with van der Waals surface area (Å²) in [5, 5.41) is 3.88. The molecule has 2 heterocycles. The van der Waals surface area contributed by atoms with E-state index < -0.39 is 0 Å². The molecule has 3 fully saturated rings. The monoisotopic (exact) mass is 299 g/mol. The maximum atomic E-state index is 3.88. The first-order chi connectivity index (χ1) is 10.9. The van der Waals surface area contributed by atoms with Gasteiger partial charge in [-0.15, -0.1) is 0 Å². The highest BCUT2D eigenvalue weighted by atomic mass is 15.3. The zero-order valence-corrected chi connectivity index (χ0v) is 13.6. The van der Waals surface area contributed by atoms with Gasteiger partial charge in [-0.1, -0.05) is 36.8 Å². The van der Waals surface area contributed by atoms with Gasteiger partial charge in [0.05, 0.1) is 0 Å². The predicted octanol–water partition coefficient (Wildman–Crippen LogP) is 2.48. The number of hydrogen-bond donors (Lipinski definition) is 1. The molecule has 0 spiro atoms. The van der Waals surface area contributed by atoms with Gasteiger partial charge in [0, 0.05) is 37.8 Å². The van der Waals surface area contributed by atoms with Crippen LogP contribution in [0.25, 0.3) is 0 Å². The Labute approximate surface area is 134 Å². The molecule has 1 N–H and O–H groups in total. The molecular formula is C19H29N3. The number of rotatable bonds is 3. The van der Waals surface area contributed by atoms with Gasteiger partial charge in [0.2, 0.25) is 0 Å². The average molecular weight is 299 g/mol. The molecule has 1 aromatic carbocycles. The van der Waals surface area contributed by atoms with E-state index >= 15 is 0 Å². The van der Waals surface area contributed by atoms with E-state index in [0.29, 0.717) is 6.04 Å². The summed E-state index contributed by atoms with van der Waals surface area (Å²) in [6, 6.07) is 13.2. The topological polar surface area (TPSA) is 18.5 Å². The number of piperazine rings is 1. The molecule has 2 saturated heterocycles. The first kappa shape index (κ1) is 14.7. The van der Waals surface area contributed by atoms with E-state index in [2.05, 4.69) is 45.4 Å². The Bertz CT molecular complexity index is 469. The lowest BCUT2D eigenvalue weighted by Gasteiger charge is -2.50. The van der Waals surface area contributed by atoms with Crippen molar-refractivity contribution in [3.05, 3.63) is 35.9 Å². The second-order valence-electron chi connectivity index (χ2n) is 7.24. The lowest BCUT2D eigenvalue weighted by Crippen LogP contribution is -2.66. The van der Waals surface area contributed by atoms with Crippen LogP contribution in [-0.2, 0) is 6.54 Å². The van der Waals surface area contributed by atoms with Crippen LogP contribution in [0.3, 0.4) is 0 Å². The van der Waals surface area contributed by atoms with Gasteiger partial charge in [0.25, 0.3) is 0 Å². The molecule has 0 radical (unpaired) electrons. The summed E-state index contributed by atoms with van der Waals surface area (Å²) in [6.07, 6.45) is 6.97. The second-order valence-corrected chi connectivity index (χ2v) is 7.24. The van der Waals surface area contributed by atoms with Gasteiger partial charge in [-0.2, -0.15) is 0 Å². The number of nitrogens with zero attached hydrogens (tertiary/aromatic N) is 2. The highest BCUT2D eigenvalue weighted by molar-refractivity contribution is 5.15. The van der Waals surface area contributed by atoms with Crippen LogP contribution < -0.4 is 5.32 Å². The highest BCUT2D eigenvalue weighted by Crippen LogP contribution is 2.31. The Morgan fingerprint density at radius 3 is 2.50 bits per heavy atom. The molecule has 1 saturated carbocycles. The third-order valence-electron chi connectivity index (χ3n) is 5.92. The van der Waals surface area contributed by atoms with Gasteiger partial charge in [-0.05, 0) is 44.3 Å². The summed E-state index contributed by atoms with van der Waals surface area (Å²) >= 11 is 0. The normalized spacial score (nSPS) is 33.7. The Morgan fingerprint density at radius 1 is 0.909 bits per heavy atom. The molecule has 3 atom stereocenters. The Hall–Kier alpha value is -0.900. The first-order valence-corrected chi connectivity index (χ1v) is 9.17. The van der Waals surface area contributed by atoms with Crippen molar-refractivity contribution in [3.8, 4) is 0 Å². The number of fused-ring (bicyclic) bond motifs is 1. The van der Waals surface area contributed by atoms with Gasteiger partial charge in [0.15, 0.2) is 0 Å². The fraction of sp³-hybridized carbons (Fsp3) is 0.684. The van der Waals surface area contributed by atoms with Crippen molar-refractivity contribution >= 4 is 0 Å². The standard InChI is InChI=1S/C19H29N3/c1-2-7-16(8-3-1)15-22-14-11-20-19-17(9-6-10-18(19)22)21-12-4-5-13-21/h1-3,7-8,17-20H,4-6,9-15H2/t17-,18-,19+/m1/s1. The van der Waals surface area contributed by atoms with Crippen LogP contribution in [0, 0.1) is 0 Å². The van der Waals surface area contributed by atoms with Crippen LogP contribution in [0.15, 0.2) is 30.3 Å². The number of benzene rings is 1. The maximum absolute atomic E-state index is 3.88. The largest absolute Gasteiger partial charge is 0.310 e. The molecule has 0 aromatic heterocycles. The fourth-order valence-electron chi connectivity index (χ4n) is 4.87. The maximum Gasteiger partial charge on any atom is 0.0380 e. The third-order valence-corrected chi connectivity index (χ3v) is 5.92. The molecule has 120 valence electrons. The highest BCUT2D eigenvalue weighted by Gasteiger charge is 2.41. The van der Waals surface area contributed by atoms with Gasteiger partial charge < -0.3 is 5.32 Å². The molecule has 1 aliphatic carbocycles. The van der Waals surface area contributed by atoms with Crippen molar-refractivity contribution in [2.24, 2.45) is 0 Å². The molecule has 0 unspecified atom stereocenters. The van der Waals surface area contributed by atoms with Crippen molar-refractivity contribution in [2.45, 2.75) is 56.8 Å². The van der Waals surface area contributed by atoms with Crippen LogP contribution in [-0.4, -0.2) is 54.1 Å². The summed E-state index contributed by atoms with van der Waals surface area (Å²) in [7, 11) is 0. The van der Waals surface area contributed by atoms with E-state index in [-0.39, 0.29) is 0 Å². The van der Waals surface area contributed by atoms with Crippen molar-refractivity contribution in [1.82, 2.24) is 15.1 Å². The van der Waals surface area contributed by atoms with Crippen LogP contribution >= 0.6 is 0 Å². The third kappa shape index (κ3) is 2.94. The van der Waals surface area contributed by atoms with Crippen LogP contribution in [0.5, 0.6) is 0 Å². The van der Waals surface area contributed by atoms with Crippen molar-refractivity contribution in [3.63, 3.8) is 0 Å². The quantitative estimate of drug-likeness (QED) is 0.925. The summed E-state index contributed by atoms with van der Waals surface area (Å²) in [6.45, 7) is 6.13. The van der Waals surface area contributed by atoms with Crippen LogP contribution in [0.2, 0.25) is 0 Å². The number of likely N-dealkylation sites (tertiary alicyclic amines) is 1. The summed E-state index contributed by atoms with van der Waals surface area (Å²) in [4.78, 5) is 5.52. The summed E-state index contributed by atoms with van der Waals surface area (Å²) < 4.78 is 0. The molecule has 0 bridgehead atoms. The van der Waals surface area contributed by atoms with Gasteiger partial charge in [-0.25, -0.2) is 0 Å². The van der Waals surface area contributed by atoms with Gasteiger partial charge >= 0.3 is 0 Å². The SMILES string of the molecule is c1ccc(CN2CCN[C@H]3[C@H](N4CCCC4)CCC[C@H]32)cc1. The average Bonchev–Trinajstić information content (AvgIpc) is 3.10. The molecule has 0 amide bonds. The molecule has 3 aliphatic rings.